The summed E-state index contributed by atoms with van der Waals surface area (Å²) >= 11 is 3.64. The molecule has 0 unspecified atom stereocenters. The fraction of sp³-hybridized carbons (Fsp3) is 0.896. The third kappa shape index (κ3) is 46.6. The van der Waals surface area contributed by atoms with Crippen molar-refractivity contribution in [3.8, 4) is 0 Å². The Labute approximate surface area is 403 Å². The van der Waals surface area contributed by atoms with Crippen LogP contribution < -0.4 is 0 Å². The van der Waals surface area contributed by atoms with E-state index >= 15 is 0 Å². The molecule has 1 aliphatic rings. The zero-order valence-corrected chi connectivity index (χ0v) is 52.1. The summed E-state index contributed by atoms with van der Waals surface area (Å²) in [6.45, 7) is 71.0. The minimum absolute atomic E-state index is 0.0957. The van der Waals surface area contributed by atoms with Crippen molar-refractivity contribution < 1.29 is 44.5 Å². The molecule has 0 aliphatic heterocycles. The number of aliphatic hydroxyl groups excluding tert-OH is 1. The van der Waals surface area contributed by atoms with Gasteiger partial charge in [0.15, 0.2) is 0 Å². The van der Waals surface area contributed by atoms with Crippen molar-refractivity contribution in [1.29, 1.82) is 0 Å². The van der Waals surface area contributed by atoms with Gasteiger partial charge in [-0.3, -0.25) is 18.9 Å². The normalized spacial score (nSPS) is 14.8. The summed E-state index contributed by atoms with van der Waals surface area (Å²) in [4.78, 5) is 7.75. The molecular formula is C48H107Cl2O2P4Ru2+4. The molecule has 0 aromatic heterocycles. The van der Waals surface area contributed by atoms with Crippen LogP contribution in [0.25, 0.3) is 0 Å². The summed E-state index contributed by atoms with van der Waals surface area (Å²) in [5, 5.41) is 7.00. The van der Waals surface area contributed by atoms with Crippen LogP contribution in [0, 0.1) is 25.0 Å². The van der Waals surface area contributed by atoms with Gasteiger partial charge >= 0.3 is 54.0 Å². The Morgan fingerprint density at radius 2 is 0.483 bits per heavy atom. The van der Waals surface area contributed by atoms with E-state index in [0.29, 0.717) is 11.8 Å². The molecule has 1 N–H and O–H groups in total. The molecule has 0 aromatic rings. The number of allylic oxidation sites excluding steroid dienone is 2. The van der Waals surface area contributed by atoms with Gasteiger partial charge in [0.2, 0.25) is 0 Å². The van der Waals surface area contributed by atoms with E-state index in [1.807, 2.05) is 46.8 Å². The monoisotopic (exact) mass is 1110 g/mol. The Hall–Kier alpha value is 2.66. The number of halogens is 2. The summed E-state index contributed by atoms with van der Waals surface area (Å²) in [6, 6.07) is 0. The molecule has 0 amide bonds. The van der Waals surface area contributed by atoms with Crippen molar-refractivity contribution in [2.24, 2.45) is 11.8 Å². The molecule has 1 saturated carbocycles. The predicted octanol–water partition coefficient (Wildman–Crippen LogP) is 17.2. The number of hydrogen-bond donors (Lipinski definition) is 1. The third-order valence-corrected chi connectivity index (χ3v) is 26.4. The van der Waals surface area contributed by atoms with E-state index in [4.69, 9.17) is 23.1 Å². The average Bonchev–Trinajstić information content (AvgIpc) is 3.10. The van der Waals surface area contributed by atoms with Gasteiger partial charge in [0, 0.05) is 38.8 Å². The second-order valence-electron chi connectivity index (χ2n) is 18.9. The van der Waals surface area contributed by atoms with E-state index in [2.05, 4.69) is 192 Å². The summed E-state index contributed by atoms with van der Waals surface area (Å²) in [6.07, 6.45) is 8.52. The average molecular weight is 1110 g/mol. The first kappa shape index (κ1) is 77.9. The molecule has 2 nitrogen and oxygen atoms in total. The fourth-order valence-electron chi connectivity index (χ4n) is 9.53. The zero-order chi connectivity index (χ0) is 48.6. The van der Waals surface area contributed by atoms with Gasteiger partial charge in [-0.1, -0.05) is 11.8 Å². The number of rotatable bonds is 14. The Balaban J connectivity index is -0.0000000858. The van der Waals surface area contributed by atoms with Gasteiger partial charge in [-0.25, -0.2) is 0 Å². The summed E-state index contributed by atoms with van der Waals surface area (Å²) in [5.41, 5.74) is 11.2. The van der Waals surface area contributed by atoms with E-state index in [1.54, 1.807) is 0 Å². The molecule has 0 bridgehead atoms. The summed E-state index contributed by atoms with van der Waals surface area (Å²) in [5.74, 6) is 1.30. The number of hydrogen-bond acceptors (Lipinski definition) is 2. The van der Waals surface area contributed by atoms with E-state index in [9.17, 15) is 0 Å². The fourth-order valence-corrected chi connectivity index (χ4v) is 25.5. The molecular weight excluding hydrogens is 1010 g/mol. The van der Waals surface area contributed by atoms with Crippen molar-refractivity contribution in [3.05, 3.63) is 25.3 Å². The molecule has 0 saturated heterocycles. The van der Waals surface area contributed by atoms with Crippen LogP contribution in [-0.2, 0) is 39.4 Å². The molecule has 0 aromatic carbocycles. The Morgan fingerprint density at radius 1 is 0.397 bits per heavy atom. The molecule has 1 aliphatic carbocycles. The van der Waals surface area contributed by atoms with Gasteiger partial charge in [0.25, 0.3) is 0 Å². The first-order valence-corrected chi connectivity index (χ1v) is 33.6. The van der Waals surface area contributed by atoms with Crippen LogP contribution in [0.4, 0.5) is 0 Å². The summed E-state index contributed by atoms with van der Waals surface area (Å²) < 4.78 is 0. The second kappa shape index (κ2) is 52.3. The molecule has 1 rings (SSSR count). The van der Waals surface area contributed by atoms with Gasteiger partial charge in [-0.15, -0.1) is 0 Å². The van der Waals surface area contributed by atoms with Crippen molar-refractivity contribution in [1.82, 2.24) is 0 Å². The molecule has 0 radical (unpaired) electrons. The van der Waals surface area contributed by atoms with Crippen LogP contribution in [0.3, 0.4) is 0 Å². The quantitative estimate of drug-likeness (QED) is 0.0815. The van der Waals surface area contributed by atoms with Crippen LogP contribution in [0.1, 0.15) is 192 Å². The molecule has 10 heteroatoms. The van der Waals surface area contributed by atoms with Crippen molar-refractivity contribution in [2.45, 2.75) is 260 Å². The van der Waals surface area contributed by atoms with E-state index in [1.165, 1.54) is 25.7 Å². The van der Waals surface area contributed by atoms with Gasteiger partial charge < -0.3 is 23.1 Å². The molecule has 0 heterocycles. The summed E-state index contributed by atoms with van der Waals surface area (Å²) in [7, 11) is 9.76. The zero-order valence-electron chi connectivity index (χ0n) is 43.1. The number of carbonyl (C=O) groups excluding carboxylic acids is 1. The van der Waals surface area contributed by atoms with Gasteiger partial charge in [0.1, 0.15) is 0 Å². The van der Waals surface area contributed by atoms with Gasteiger partial charge in [0.05, 0.1) is 67.9 Å². The van der Waals surface area contributed by atoms with Crippen molar-refractivity contribution in [2.75, 3.05) is 7.11 Å². The maximum atomic E-state index is 7.75. The Kier molecular flexibility index (Phi) is 70.2. The minimum atomic E-state index is -0.0957. The second-order valence-corrected chi connectivity index (χ2v) is 36.8. The van der Waals surface area contributed by atoms with Crippen molar-refractivity contribution in [3.63, 3.8) is 0 Å². The standard InChI is InChI=1S/C10H14.4C9H21P.CH4O.CHO.2ClH.2Ru/c1-3-9-5-7-10(4-2)8-6-9;4*1-7(2)10(8(3)4)9(5)6;2*1-2;;;;/h1-4,9-10H,5-8H2;4*7-9H,1-6H3;2H,1H3;1H;2*1H;;/q-2;;;;;;-1;;;+2;+3/p+2. The molecule has 1 fully saturated rings. The maximum absolute atomic E-state index is 7.75. The van der Waals surface area contributed by atoms with Crippen LogP contribution in [0.5, 0.6) is 0 Å². The van der Waals surface area contributed by atoms with E-state index in [-0.39, 0.29) is 31.7 Å². The van der Waals surface area contributed by atoms with E-state index in [0.717, 1.165) is 75.0 Å². The van der Waals surface area contributed by atoms with Crippen LogP contribution in [0.2, 0.25) is 0 Å². The SMILES string of the molecule is CC(C)[PH+](C(C)C)C(C)C.CC(C)[PH+](C(C)C)C(C)C.CC(C)[PH+](C(C)C)C(C)C.CC(C)[PH+](C(C)C)C(C)C.CO.[CH-]=CC1CCC(C=[CH-])CC1.[CH-]=O.[Cl][Ru+2].[Cl][Ru+]. The molecule has 58 heavy (non-hydrogen) atoms. The Bertz CT molecular complexity index is 617. The molecule has 0 atom stereocenters. The number of aliphatic hydroxyl groups is 1. The Morgan fingerprint density at radius 3 is 0.517 bits per heavy atom. The van der Waals surface area contributed by atoms with Crippen LogP contribution in [-0.4, -0.2) is 86.9 Å². The topological polar surface area (TPSA) is 37.3 Å². The van der Waals surface area contributed by atoms with Crippen LogP contribution in [0.15, 0.2) is 12.2 Å². The predicted molar refractivity (Wildman–Crippen MR) is 285 cm³/mol. The van der Waals surface area contributed by atoms with Crippen LogP contribution >= 0.6 is 51.1 Å². The van der Waals surface area contributed by atoms with Crippen molar-refractivity contribution >= 4 is 57.9 Å². The first-order chi connectivity index (χ1) is 26.7. The van der Waals surface area contributed by atoms with Gasteiger partial charge in [-0.2, -0.15) is 0 Å². The van der Waals surface area contributed by atoms with Gasteiger partial charge in [-0.05, 0) is 192 Å². The third-order valence-electron chi connectivity index (χ3n) is 10.4. The molecule has 357 valence electrons. The first-order valence-electron chi connectivity index (χ1n) is 22.2. The van der Waals surface area contributed by atoms with E-state index < -0.39 is 0 Å². The molecule has 0 spiro atoms.